The van der Waals surface area contributed by atoms with Crippen molar-refractivity contribution in [3.8, 4) is 0 Å². The molecule has 0 aliphatic rings. The molecule has 1 aromatic rings. The molecule has 1 rings (SSSR count). The van der Waals surface area contributed by atoms with E-state index in [4.69, 9.17) is 26.8 Å². The van der Waals surface area contributed by atoms with Crippen LogP contribution < -0.4 is 27.4 Å². The molecule has 0 aromatic carbocycles. The van der Waals surface area contributed by atoms with E-state index in [1.54, 1.807) is 0 Å². The van der Waals surface area contributed by atoms with Gasteiger partial charge in [-0.3, -0.25) is 28.8 Å². The lowest BCUT2D eigenvalue weighted by molar-refractivity contribution is -0.147. The van der Waals surface area contributed by atoms with Gasteiger partial charge in [0.1, 0.15) is 18.1 Å². The van der Waals surface area contributed by atoms with Crippen LogP contribution in [0.4, 0.5) is 0 Å². The highest BCUT2D eigenvalue weighted by Crippen LogP contribution is 2.05. The predicted molar refractivity (Wildman–Crippen MR) is 121 cm³/mol. The molecule has 11 N–H and O–H groups in total. The molecule has 4 atom stereocenters. The number of aromatic amines is 1. The summed E-state index contributed by atoms with van der Waals surface area (Å²) in [6.45, 7) is 0. The zero-order valence-corrected chi connectivity index (χ0v) is 19.5. The lowest BCUT2D eigenvalue weighted by Crippen LogP contribution is -2.57. The average Bonchev–Trinajstić information content (AvgIpc) is 3.30. The van der Waals surface area contributed by atoms with E-state index in [1.165, 1.54) is 12.5 Å². The van der Waals surface area contributed by atoms with Gasteiger partial charge in [-0.25, -0.2) is 9.78 Å². The maximum atomic E-state index is 12.9. The summed E-state index contributed by atoms with van der Waals surface area (Å²) in [6.07, 6.45) is 0.0889. The van der Waals surface area contributed by atoms with Crippen molar-refractivity contribution in [2.24, 2.45) is 11.5 Å². The molecule has 17 nitrogen and oxygen atoms in total. The van der Waals surface area contributed by atoms with Crippen LogP contribution in [0.25, 0.3) is 0 Å². The number of H-pyrrole nitrogens is 1. The van der Waals surface area contributed by atoms with Crippen LogP contribution in [0.1, 0.15) is 37.8 Å². The summed E-state index contributed by atoms with van der Waals surface area (Å²) in [5.41, 5.74) is 11.5. The predicted octanol–water partition coefficient (Wildman–Crippen LogP) is -3.58. The highest BCUT2D eigenvalue weighted by molar-refractivity contribution is 5.95. The lowest BCUT2D eigenvalue weighted by atomic mass is 10.1. The molecule has 0 spiro atoms. The maximum Gasteiger partial charge on any atom is 0.326 e. The first kappa shape index (κ1) is 30.5. The first-order chi connectivity index (χ1) is 17.3. The number of nitrogens with two attached hydrogens (primary N) is 2. The normalized spacial score (nSPS) is 13.9. The molecule has 0 saturated carbocycles. The van der Waals surface area contributed by atoms with E-state index in [1.807, 2.05) is 5.32 Å². The highest BCUT2D eigenvalue weighted by Gasteiger charge is 2.31. The van der Waals surface area contributed by atoms with Crippen LogP contribution in [0.2, 0.25) is 0 Å². The number of carboxylic acids is 3. The van der Waals surface area contributed by atoms with Crippen LogP contribution >= 0.6 is 0 Å². The van der Waals surface area contributed by atoms with Gasteiger partial charge in [0.05, 0.1) is 18.8 Å². The Morgan fingerprint density at radius 2 is 1.38 bits per heavy atom. The summed E-state index contributed by atoms with van der Waals surface area (Å²) in [5, 5.41) is 33.4. The fourth-order valence-corrected chi connectivity index (χ4v) is 3.02. The molecule has 1 aromatic heterocycles. The fourth-order valence-electron chi connectivity index (χ4n) is 3.02. The third-order valence-corrected chi connectivity index (χ3v) is 4.92. The van der Waals surface area contributed by atoms with E-state index in [2.05, 4.69) is 20.6 Å². The van der Waals surface area contributed by atoms with Gasteiger partial charge < -0.3 is 47.7 Å². The number of nitrogens with one attached hydrogen (secondary N) is 4. The number of aromatic nitrogens is 2. The van der Waals surface area contributed by atoms with Crippen LogP contribution in [0, 0.1) is 0 Å². The molecule has 0 fully saturated rings. The highest BCUT2D eigenvalue weighted by atomic mass is 16.4. The molecular formula is C20H29N7O10. The van der Waals surface area contributed by atoms with E-state index in [-0.39, 0.29) is 19.3 Å². The molecule has 0 saturated heterocycles. The van der Waals surface area contributed by atoms with Gasteiger partial charge >= 0.3 is 17.9 Å². The Labute approximate surface area is 209 Å². The third-order valence-electron chi connectivity index (χ3n) is 4.92. The van der Waals surface area contributed by atoms with E-state index in [0.29, 0.717) is 5.69 Å². The number of nitrogens with zero attached hydrogens (tertiary/aromatic N) is 1. The largest absolute Gasteiger partial charge is 0.481 e. The smallest absolute Gasteiger partial charge is 0.326 e. The number of imidazole rings is 1. The van der Waals surface area contributed by atoms with E-state index in [0.717, 1.165) is 0 Å². The topological polar surface area (TPSA) is 297 Å². The maximum absolute atomic E-state index is 12.9. The number of primary amides is 1. The van der Waals surface area contributed by atoms with Crippen LogP contribution in [0.3, 0.4) is 0 Å². The summed E-state index contributed by atoms with van der Waals surface area (Å²) in [7, 11) is 0. The van der Waals surface area contributed by atoms with Gasteiger partial charge in [0, 0.05) is 31.2 Å². The van der Waals surface area contributed by atoms with Crippen molar-refractivity contribution < 1.29 is 48.9 Å². The van der Waals surface area contributed by atoms with Crippen LogP contribution in [0.5, 0.6) is 0 Å². The van der Waals surface area contributed by atoms with Crippen LogP contribution in [-0.2, 0) is 40.0 Å². The summed E-state index contributed by atoms with van der Waals surface area (Å²) in [6, 6.07) is -6.05. The average molecular weight is 527 g/mol. The molecular weight excluding hydrogens is 498 g/mol. The fraction of sp³-hybridized carbons (Fsp3) is 0.500. The summed E-state index contributed by atoms with van der Waals surface area (Å²) in [5.74, 6) is -8.31. The van der Waals surface area contributed by atoms with Crippen LogP contribution in [0.15, 0.2) is 12.5 Å². The number of rotatable bonds is 17. The zero-order chi connectivity index (χ0) is 28.1. The molecule has 0 radical (unpaired) electrons. The number of carboxylic acid groups (broad SMARTS) is 3. The summed E-state index contributed by atoms with van der Waals surface area (Å²) < 4.78 is 0. The first-order valence-electron chi connectivity index (χ1n) is 10.9. The van der Waals surface area contributed by atoms with Crippen molar-refractivity contribution in [2.45, 2.75) is 62.7 Å². The number of carbonyl (C=O) groups is 7. The first-order valence-corrected chi connectivity index (χ1v) is 10.9. The van der Waals surface area contributed by atoms with Gasteiger partial charge in [0.25, 0.3) is 0 Å². The van der Waals surface area contributed by atoms with E-state index < -0.39 is 85.0 Å². The number of carbonyl (C=O) groups excluding carboxylic acids is 4. The number of hydrogen-bond donors (Lipinski definition) is 9. The van der Waals surface area contributed by atoms with Gasteiger partial charge in [0.15, 0.2) is 0 Å². The molecule has 0 bridgehead atoms. The third kappa shape index (κ3) is 11.6. The minimum atomic E-state index is -1.86. The van der Waals surface area contributed by atoms with E-state index >= 15 is 0 Å². The van der Waals surface area contributed by atoms with Crippen molar-refractivity contribution >= 4 is 41.5 Å². The van der Waals surface area contributed by atoms with Gasteiger partial charge in [-0.15, -0.1) is 0 Å². The Balaban J connectivity index is 3.02. The minimum Gasteiger partial charge on any atom is -0.481 e. The molecule has 0 aliphatic carbocycles. The van der Waals surface area contributed by atoms with E-state index in [9.17, 15) is 33.6 Å². The number of amides is 4. The molecule has 1 heterocycles. The Morgan fingerprint density at radius 1 is 0.838 bits per heavy atom. The SMILES string of the molecule is NC(=O)CCC(NC(=O)C(N)Cc1cnc[nH]1)C(=O)NC(CCC(=O)O)C(=O)NC(CC(=O)O)C(=O)O. The van der Waals surface area contributed by atoms with Crippen molar-refractivity contribution in [3.05, 3.63) is 18.2 Å². The van der Waals surface area contributed by atoms with Crippen molar-refractivity contribution in [2.75, 3.05) is 0 Å². The van der Waals surface area contributed by atoms with Gasteiger partial charge in [0.2, 0.25) is 23.6 Å². The van der Waals surface area contributed by atoms with Gasteiger partial charge in [-0.1, -0.05) is 0 Å². The van der Waals surface area contributed by atoms with Crippen LogP contribution in [-0.4, -0.2) is 91.0 Å². The van der Waals surface area contributed by atoms with Gasteiger partial charge in [-0.05, 0) is 12.8 Å². The standard InChI is InChI=1S/C20H29N7O10/c21-10(5-9-7-23-8-24-9)17(33)25-11(1-3-14(22)28)18(34)26-12(2-4-15(29)30)19(35)27-13(20(36)37)6-16(31)32/h7-8,10-13H,1-6,21H2,(H2,22,28)(H,23,24)(H,25,33)(H,26,34)(H,27,35)(H,29,30)(H,31,32)(H,36,37). The number of hydrogen-bond acceptors (Lipinski definition) is 9. The molecule has 204 valence electrons. The summed E-state index contributed by atoms with van der Waals surface area (Å²) >= 11 is 0. The zero-order valence-electron chi connectivity index (χ0n) is 19.5. The molecule has 17 heteroatoms. The second kappa shape index (κ2) is 14.8. The second-order valence-corrected chi connectivity index (χ2v) is 7.94. The minimum absolute atomic E-state index is 0.0276. The Morgan fingerprint density at radius 3 is 1.84 bits per heavy atom. The Bertz CT molecular complexity index is 998. The lowest BCUT2D eigenvalue weighted by Gasteiger charge is -2.24. The van der Waals surface area contributed by atoms with Crippen molar-refractivity contribution in [1.29, 1.82) is 0 Å². The molecule has 4 unspecified atom stereocenters. The van der Waals surface area contributed by atoms with Gasteiger partial charge in [-0.2, -0.15) is 0 Å². The Hall–Kier alpha value is -4.54. The monoisotopic (exact) mass is 527 g/mol. The quantitative estimate of drug-likeness (QED) is 0.0950. The molecule has 4 amide bonds. The molecule has 0 aliphatic heterocycles. The van der Waals surface area contributed by atoms with Crippen molar-refractivity contribution in [3.63, 3.8) is 0 Å². The Kier molecular flexibility index (Phi) is 12.2. The molecule has 37 heavy (non-hydrogen) atoms. The van der Waals surface area contributed by atoms with Crippen molar-refractivity contribution in [1.82, 2.24) is 25.9 Å². The number of aliphatic carboxylic acids is 3. The second-order valence-electron chi connectivity index (χ2n) is 7.94. The summed E-state index contributed by atoms with van der Waals surface area (Å²) in [4.78, 5) is 89.0.